The van der Waals surface area contributed by atoms with Gasteiger partial charge in [0.1, 0.15) is 5.01 Å². The molecule has 0 saturated carbocycles. The number of carbonyl (C=O) groups excluding carboxylic acids is 1. The summed E-state index contributed by atoms with van der Waals surface area (Å²) >= 11 is 2.18. The summed E-state index contributed by atoms with van der Waals surface area (Å²) in [6.45, 7) is 0.354. The largest absolute Gasteiger partial charge is 0.476 e. The molecule has 0 bridgehead atoms. The average molecular weight is 314 g/mol. The number of hydrogen-bond acceptors (Lipinski definition) is 6. The third kappa shape index (κ3) is 3.90. The summed E-state index contributed by atoms with van der Waals surface area (Å²) in [6.07, 6.45) is 0. The molecule has 2 aromatic heterocycles. The molecule has 106 valence electrons. The van der Waals surface area contributed by atoms with E-state index in [2.05, 4.69) is 20.6 Å². The minimum absolute atomic E-state index is 0.0388. The van der Waals surface area contributed by atoms with E-state index in [0.717, 1.165) is 22.7 Å². The van der Waals surface area contributed by atoms with Crippen molar-refractivity contribution in [3.8, 4) is 0 Å². The zero-order chi connectivity index (χ0) is 14.5. The molecule has 2 heterocycles. The standard InChI is InChI=1S/C10H10N4O4S2/c15-8(16)6-4-19-7(14-6)2-12-9(17)11-1-5-3-20-10(18)13-5/h3-4H,1-2H2,(H,13,18)(H,15,16)(H2,11,12,17). The van der Waals surface area contributed by atoms with E-state index in [0.29, 0.717) is 10.7 Å². The van der Waals surface area contributed by atoms with E-state index >= 15 is 0 Å². The Morgan fingerprint density at radius 1 is 1.25 bits per heavy atom. The Bertz CT molecular complexity index is 675. The molecule has 20 heavy (non-hydrogen) atoms. The van der Waals surface area contributed by atoms with Crippen LogP contribution in [0.1, 0.15) is 21.2 Å². The van der Waals surface area contributed by atoms with Gasteiger partial charge in [-0.1, -0.05) is 11.3 Å². The van der Waals surface area contributed by atoms with E-state index in [4.69, 9.17) is 5.11 Å². The van der Waals surface area contributed by atoms with Gasteiger partial charge in [0.05, 0.1) is 13.1 Å². The fourth-order valence-corrected chi connectivity index (χ4v) is 2.57. The number of nitrogens with zero attached hydrogens (tertiary/aromatic N) is 1. The maximum Gasteiger partial charge on any atom is 0.355 e. The molecule has 10 heteroatoms. The van der Waals surface area contributed by atoms with Crippen LogP contribution in [-0.2, 0) is 13.1 Å². The number of carboxylic acids is 1. The zero-order valence-corrected chi connectivity index (χ0v) is 11.6. The van der Waals surface area contributed by atoms with Gasteiger partial charge in [0.25, 0.3) is 0 Å². The van der Waals surface area contributed by atoms with Gasteiger partial charge in [-0.2, -0.15) is 0 Å². The number of aromatic carboxylic acids is 1. The monoisotopic (exact) mass is 314 g/mol. The van der Waals surface area contributed by atoms with Crippen LogP contribution in [0.2, 0.25) is 0 Å². The summed E-state index contributed by atoms with van der Waals surface area (Å²) in [5.74, 6) is -1.10. The Morgan fingerprint density at radius 2 is 2.00 bits per heavy atom. The lowest BCUT2D eigenvalue weighted by Gasteiger charge is -2.04. The van der Waals surface area contributed by atoms with Crippen LogP contribution in [0, 0.1) is 0 Å². The van der Waals surface area contributed by atoms with Crippen LogP contribution in [0.4, 0.5) is 4.79 Å². The smallest absolute Gasteiger partial charge is 0.355 e. The van der Waals surface area contributed by atoms with Gasteiger partial charge in [0.2, 0.25) is 0 Å². The van der Waals surface area contributed by atoms with Crippen LogP contribution < -0.4 is 15.5 Å². The SMILES string of the molecule is O=C(NCc1csc(=O)[nH]1)NCc1nc(C(=O)O)cs1. The van der Waals surface area contributed by atoms with E-state index in [1.54, 1.807) is 5.38 Å². The van der Waals surface area contributed by atoms with Crippen molar-refractivity contribution < 1.29 is 14.7 Å². The Kier molecular flexibility index (Phi) is 4.48. The normalized spacial score (nSPS) is 10.2. The van der Waals surface area contributed by atoms with E-state index in [1.807, 2.05) is 0 Å². The van der Waals surface area contributed by atoms with Crippen molar-refractivity contribution in [1.82, 2.24) is 20.6 Å². The number of carboxylic acid groups (broad SMARTS) is 1. The van der Waals surface area contributed by atoms with Gasteiger partial charge in [0.15, 0.2) is 5.69 Å². The summed E-state index contributed by atoms with van der Waals surface area (Å²) in [4.78, 5) is 39.2. The third-order valence-corrected chi connectivity index (χ3v) is 3.75. The molecule has 0 aromatic carbocycles. The minimum Gasteiger partial charge on any atom is -0.476 e. The Balaban J connectivity index is 1.77. The number of nitrogens with one attached hydrogen (secondary N) is 3. The Hall–Kier alpha value is -2.20. The molecule has 2 amide bonds. The second-order valence-corrected chi connectivity index (χ2v) is 5.43. The molecule has 4 N–H and O–H groups in total. The second-order valence-electron chi connectivity index (χ2n) is 3.64. The number of H-pyrrole nitrogens is 1. The number of aromatic amines is 1. The van der Waals surface area contributed by atoms with Crippen LogP contribution in [-0.4, -0.2) is 27.1 Å². The lowest BCUT2D eigenvalue weighted by atomic mass is 10.5. The van der Waals surface area contributed by atoms with Gasteiger partial charge >= 0.3 is 16.9 Å². The first-order chi connectivity index (χ1) is 9.54. The zero-order valence-electron chi connectivity index (χ0n) is 10.0. The molecule has 0 aliphatic carbocycles. The first kappa shape index (κ1) is 14.2. The van der Waals surface area contributed by atoms with Gasteiger partial charge < -0.3 is 20.7 Å². The van der Waals surface area contributed by atoms with Crippen molar-refractivity contribution in [2.45, 2.75) is 13.1 Å². The van der Waals surface area contributed by atoms with Gasteiger partial charge in [-0.25, -0.2) is 14.6 Å². The van der Waals surface area contributed by atoms with Gasteiger partial charge in [-0.05, 0) is 0 Å². The summed E-state index contributed by atoms with van der Waals surface area (Å²) in [5.41, 5.74) is 0.584. The highest BCUT2D eigenvalue weighted by atomic mass is 32.1. The molecule has 8 nitrogen and oxygen atoms in total. The maximum atomic E-state index is 11.5. The lowest BCUT2D eigenvalue weighted by Crippen LogP contribution is -2.34. The molecule has 0 spiro atoms. The predicted molar refractivity (Wildman–Crippen MR) is 73.1 cm³/mol. The Morgan fingerprint density at radius 3 is 2.60 bits per heavy atom. The molecule has 0 radical (unpaired) electrons. The number of aromatic nitrogens is 2. The van der Waals surface area contributed by atoms with Crippen molar-refractivity contribution in [2.75, 3.05) is 0 Å². The highest BCUT2D eigenvalue weighted by Crippen LogP contribution is 2.09. The number of urea groups is 1. The van der Waals surface area contributed by atoms with E-state index in [-0.39, 0.29) is 23.7 Å². The fourth-order valence-electron chi connectivity index (χ4n) is 1.28. The minimum atomic E-state index is -1.10. The Labute approximate surface area is 120 Å². The number of amides is 2. The van der Waals surface area contributed by atoms with Crippen LogP contribution in [0.5, 0.6) is 0 Å². The number of hydrogen-bond donors (Lipinski definition) is 4. The van der Waals surface area contributed by atoms with Crippen LogP contribution >= 0.6 is 22.7 Å². The van der Waals surface area contributed by atoms with Crippen molar-refractivity contribution in [3.63, 3.8) is 0 Å². The van der Waals surface area contributed by atoms with Crippen molar-refractivity contribution in [1.29, 1.82) is 0 Å². The maximum absolute atomic E-state index is 11.5. The quantitative estimate of drug-likeness (QED) is 0.643. The molecule has 0 saturated heterocycles. The molecule has 0 unspecified atom stereocenters. The number of carbonyl (C=O) groups is 2. The van der Waals surface area contributed by atoms with Gasteiger partial charge in [-0.3, -0.25) is 4.79 Å². The van der Waals surface area contributed by atoms with Crippen LogP contribution in [0.3, 0.4) is 0 Å². The van der Waals surface area contributed by atoms with E-state index in [1.165, 1.54) is 5.38 Å². The molecule has 0 fully saturated rings. The van der Waals surface area contributed by atoms with Crippen LogP contribution in [0.15, 0.2) is 15.6 Å². The first-order valence-electron chi connectivity index (χ1n) is 5.40. The summed E-state index contributed by atoms with van der Waals surface area (Å²) in [6, 6.07) is -0.427. The topological polar surface area (TPSA) is 124 Å². The fraction of sp³-hybridized carbons (Fsp3) is 0.200. The summed E-state index contributed by atoms with van der Waals surface area (Å²) in [7, 11) is 0. The molecule has 0 atom stereocenters. The predicted octanol–water partition coefficient (Wildman–Crippen LogP) is 0.591. The van der Waals surface area contributed by atoms with Gasteiger partial charge in [0, 0.05) is 16.5 Å². The number of thiazole rings is 2. The molecular formula is C10H10N4O4S2. The summed E-state index contributed by atoms with van der Waals surface area (Å²) < 4.78 is 0. The second kappa shape index (κ2) is 6.30. The summed E-state index contributed by atoms with van der Waals surface area (Å²) in [5, 5.41) is 17.3. The molecule has 0 aliphatic heterocycles. The molecular weight excluding hydrogens is 304 g/mol. The molecule has 2 aromatic rings. The number of rotatable bonds is 5. The first-order valence-corrected chi connectivity index (χ1v) is 7.16. The lowest BCUT2D eigenvalue weighted by molar-refractivity contribution is 0.0691. The van der Waals surface area contributed by atoms with E-state index < -0.39 is 12.0 Å². The average Bonchev–Trinajstić information content (AvgIpc) is 3.03. The molecule has 2 rings (SSSR count). The molecule has 0 aliphatic rings. The van der Waals surface area contributed by atoms with Gasteiger partial charge in [-0.15, -0.1) is 11.3 Å². The van der Waals surface area contributed by atoms with Crippen molar-refractivity contribution in [2.24, 2.45) is 0 Å². The third-order valence-electron chi connectivity index (χ3n) is 2.18. The van der Waals surface area contributed by atoms with Crippen LogP contribution in [0.25, 0.3) is 0 Å². The van der Waals surface area contributed by atoms with E-state index in [9.17, 15) is 14.4 Å². The van der Waals surface area contributed by atoms with Crippen molar-refractivity contribution in [3.05, 3.63) is 36.8 Å². The highest BCUT2D eigenvalue weighted by molar-refractivity contribution is 7.09. The highest BCUT2D eigenvalue weighted by Gasteiger charge is 2.09. The van der Waals surface area contributed by atoms with Crippen molar-refractivity contribution >= 4 is 34.7 Å².